The third-order valence-electron chi connectivity index (χ3n) is 4.19. The van der Waals surface area contributed by atoms with Gasteiger partial charge < -0.3 is 5.32 Å². The summed E-state index contributed by atoms with van der Waals surface area (Å²) in [6.45, 7) is 3.87. The second-order valence-electron chi connectivity index (χ2n) is 6.10. The van der Waals surface area contributed by atoms with Crippen LogP contribution in [0.2, 0.25) is 0 Å². The maximum absolute atomic E-state index is 9.18. The monoisotopic (exact) mass is 277 g/mol. The Bertz CT molecular complexity index is 680. The SMILES string of the molecule is CC(C)(C#N)c1ccc(NC2CCc3cccnc32)cc1. The van der Waals surface area contributed by atoms with Crippen LogP contribution in [0, 0.1) is 11.3 Å². The standard InChI is InChI=1S/C18H19N3/c1-18(2,12-19)14-6-8-15(9-7-14)21-16-10-5-13-4-3-11-20-17(13)16/h3-4,6-9,11,16,21H,5,10H2,1-2H3. The molecule has 0 spiro atoms. The minimum atomic E-state index is -0.444. The van der Waals surface area contributed by atoms with Gasteiger partial charge >= 0.3 is 0 Å². The molecule has 0 saturated carbocycles. The van der Waals surface area contributed by atoms with Gasteiger partial charge in [0.15, 0.2) is 0 Å². The number of hydrogen-bond acceptors (Lipinski definition) is 3. The van der Waals surface area contributed by atoms with Crippen molar-refractivity contribution in [3.63, 3.8) is 0 Å². The fraction of sp³-hybridized carbons (Fsp3) is 0.333. The van der Waals surface area contributed by atoms with E-state index in [1.54, 1.807) is 0 Å². The van der Waals surface area contributed by atoms with E-state index in [0.717, 1.165) is 24.1 Å². The number of aromatic nitrogens is 1. The van der Waals surface area contributed by atoms with Crippen LogP contribution < -0.4 is 5.32 Å². The van der Waals surface area contributed by atoms with Crippen molar-refractivity contribution in [3.8, 4) is 6.07 Å². The van der Waals surface area contributed by atoms with Crippen LogP contribution in [-0.2, 0) is 11.8 Å². The second-order valence-corrected chi connectivity index (χ2v) is 6.10. The van der Waals surface area contributed by atoms with E-state index in [4.69, 9.17) is 0 Å². The molecule has 1 aromatic carbocycles. The lowest BCUT2D eigenvalue weighted by atomic mass is 9.86. The number of pyridine rings is 1. The number of benzene rings is 1. The maximum atomic E-state index is 9.18. The second kappa shape index (κ2) is 5.21. The van der Waals surface area contributed by atoms with Crippen molar-refractivity contribution in [2.45, 2.75) is 38.1 Å². The van der Waals surface area contributed by atoms with Gasteiger partial charge in [-0.1, -0.05) is 18.2 Å². The minimum absolute atomic E-state index is 0.288. The first-order chi connectivity index (χ1) is 10.1. The summed E-state index contributed by atoms with van der Waals surface area (Å²) in [5, 5.41) is 12.7. The Morgan fingerprint density at radius 2 is 2.00 bits per heavy atom. The molecule has 0 radical (unpaired) electrons. The fourth-order valence-electron chi connectivity index (χ4n) is 2.80. The highest BCUT2D eigenvalue weighted by atomic mass is 15.0. The van der Waals surface area contributed by atoms with Gasteiger partial charge in [-0.15, -0.1) is 0 Å². The molecule has 0 fully saturated rings. The van der Waals surface area contributed by atoms with Crippen LogP contribution in [0.25, 0.3) is 0 Å². The van der Waals surface area contributed by atoms with Crippen molar-refractivity contribution < 1.29 is 0 Å². The molecular weight excluding hydrogens is 258 g/mol. The molecule has 1 unspecified atom stereocenters. The largest absolute Gasteiger partial charge is 0.377 e. The Balaban J connectivity index is 1.77. The van der Waals surface area contributed by atoms with Gasteiger partial charge in [-0.05, 0) is 56.0 Å². The van der Waals surface area contributed by atoms with Crippen molar-refractivity contribution in [3.05, 3.63) is 59.4 Å². The van der Waals surface area contributed by atoms with E-state index in [1.807, 2.05) is 38.2 Å². The minimum Gasteiger partial charge on any atom is -0.377 e. The smallest absolute Gasteiger partial charge is 0.0766 e. The number of rotatable bonds is 3. The number of nitrogens with zero attached hydrogens (tertiary/aromatic N) is 2. The highest BCUT2D eigenvalue weighted by molar-refractivity contribution is 5.49. The molecule has 1 aliphatic carbocycles. The molecule has 0 amide bonds. The molecule has 0 bridgehead atoms. The molecule has 21 heavy (non-hydrogen) atoms. The molecule has 1 aromatic heterocycles. The molecule has 0 saturated heterocycles. The van der Waals surface area contributed by atoms with E-state index in [1.165, 1.54) is 11.3 Å². The molecular formula is C18H19N3. The molecule has 3 heteroatoms. The Hall–Kier alpha value is -2.34. The molecule has 3 nitrogen and oxygen atoms in total. The van der Waals surface area contributed by atoms with Crippen LogP contribution in [0.15, 0.2) is 42.6 Å². The van der Waals surface area contributed by atoms with Crippen LogP contribution in [0.5, 0.6) is 0 Å². The first-order valence-corrected chi connectivity index (χ1v) is 7.32. The van der Waals surface area contributed by atoms with Crippen molar-refractivity contribution in [2.24, 2.45) is 0 Å². The molecule has 3 rings (SSSR count). The highest BCUT2D eigenvalue weighted by Crippen LogP contribution is 2.32. The third kappa shape index (κ3) is 2.62. The van der Waals surface area contributed by atoms with Crippen LogP contribution >= 0.6 is 0 Å². The average Bonchev–Trinajstić information content (AvgIpc) is 2.91. The molecule has 1 atom stereocenters. The maximum Gasteiger partial charge on any atom is 0.0766 e. The van der Waals surface area contributed by atoms with Gasteiger partial charge in [-0.2, -0.15) is 5.26 Å². The summed E-state index contributed by atoms with van der Waals surface area (Å²) in [6, 6.07) is 14.9. The van der Waals surface area contributed by atoms with E-state index in [9.17, 15) is 5.26 Å². The number of nitriles is 1. The quantitative estimate of drug-likeness (QED) is 0.923. The van der Waals surface area contributed by atoms with Crippen molar-refractivity contribution in [1.29, 1.82) is 5.26 Å². The number of hydrogen-bond donors (Lipinski definition) is 1. The lowest BCUT2D eigenvalue weighted by Gasteiger charge is -2.18. The molecule has 1 N–H and O–H groups in total. The Labute approximate surface area is 125 Å². The van der Waals surface area contributed by atoms with Crippen molar-refractivity contribution >= 4 is 5.69 Å². The zero-order chi connectivity index (χ0) is 14.9. The van der Waals surface area contributed by atoms with Gasteiger partial charge in [0.25, 0.3) is 0 Å². The third-order valence-corrected chi connectivity index (χ3v) is 4.19. The van der Waals surface area contributed by atoms with Gasteiger partial charge in [0.1, 0.15) is 0 Å². The number of nitrogens with one attached hydrogen (secondary N) is 1. The number of fused-ring (bicyclic) bond motifs is 1. The van der Waals surface area contributed by atoms with Crippen molar-refractivity contribution in [2.75, 3.05) is 5.32 Å². The molecule has 1 heterocycles. The van der Waals surface area contributed by atoms with Gasteiger partial charge in [-0.3, -0.25) is 4.98 Å². The van der Waals surface area contributed by atoms with Crippen LogP contribution in [0.3, 0.4) is 0 Å². The summed E-state index contributed by atoms with van der Waals surface area (Å²) in [7, 11) is 0. The molecule has 1 aliphatic rings. The average molecular weight is 277 g/mol. The van der Waals surface area contributed by atoms with Crippen LogP contribution in [0.4, 0.5) is 5.69 Å². The van der Waals surface area contributed by atoms with Gasteiger partial charge in [0.2, 0.25) is 0 Å². The van der Waals surface area contributed by atoms with Crippen molar-refractivity contribution in [1.82, 2.24) is 4.98 Å². The van der Waals surface area contributed by atoms with E-state index in [-0.39, 0.29) is 6.04 Å². The van der Waals surface area contributed by atoms with Gasteiger partial charge in [0, 0.05) is 11.9 Å². The Kier molecular flexibility index (Phi) is 3.39. The zero-order valence-corrected chi connectivity index (χ0v) is 12.4. The summed E-state index contributed by atoms with van der Waals surface area (Å²) in [4.78, 5) is 4.50. The predicted molar refractivity (Wildman–Crippen MR) is 84.0 cm³/mol. The topological polar surface area (TPSA) is 48.7 Å². The van der Waals surface area contributed by atoms with E-state index in [0.29, 0.717) is 0 Å². The Morgan fingerprint density at radius 3 is 2.71 bits per heavy atom. The molecule has 106 valence electrons. The van der Waals surface area contributed by atoms with E-state index < -0.39 is 5.41 Å². The lowest BCUT2D eigenvalue weighted by molar-refractivity contribution is 0.686. The predicted octanol–water partition coefficient (Wildman–Crippen LogP) is 3.98. The summed E-state index contributed by atoms with van der Waals surface area (Å²) >= 11 is 0. The summed E-state index contributed by atoms with van der Waals surface area (Å²) < 4.78 is 0. The van der Waals surface area contributed by atoms with E-state index >= 15 is 0 Å². The summed E-state index contributed by atoms with van der Waals surface area (Å²) in [6.07, 6.45) is 4.02. The first kappa shape index (κ1) is 13.6. The molecule has 0 aliphatic heterocycles. The highest BCUT2D eigenvalue weighted by Gasteiger charge is 2.24. The summed E-state index contributed by atoms with van der Waals surface area (Å²) in [5.74, 6) is 0. The fourth-order valence-corrected chi connectivity index (χ4v) is 2.80. The molecule has 2 aromatic rings. The number of anilines is 1. The lowest BCUT2D eigenvalue weighted by Crippen LogP contribution is -2.14. The van der Waals surface area contributed by atoms with Gasteiger partial charge in [-0.25, -0.2) is 0 Å². The van der Waals surface area contributed by atoms with Crippen LogP contribution in [0.1, 0.15) is 43.1 Å². The van der Waals surface area contributed by atoms with E-state index in [2.05, 4.69) is 34.6 Å². The van der Waals surface area contributed by atoms with Gasteiger partial charge in [0.05, 0.1) is 23.2 Å². The first-order valence-electron chi connectivity index (χ1n) is 7.32. The normalized spacial score (nSPS) is 17.1. The number of aryl methyl sites for hydroxylation is 1. The Morgan fingerprint density at radius 1 is 1.24 bits per heavy atom. The zero-order valence-electron chi connectivity index (χ0n) is 12.4. The summed E-state index contributed by atoms with van der Waals surface area (Å²) in [5.41, 5.74) is 4.19. The van der Waals surface area contributed by atoms with Crippen LogP contribution in [-0.4, -0.2) is 4.98 Å².